The molecule has 1 aromatic carbocycles. The van der Waals surface area contributed by atoms with Gasteiger partial charge in [0.25, 0.3) is 5.91 Å². The molecule has 1 aliphatic carbocycles. The van der Waals surface area contributed by atoms with Crippen molar-refractivity contribution in [2.75, 3.05) is 20.8 Å². The first kappa shape index (κ1) is 21.0. The van der Waals surface area contributed by atoms with Crippen molar-refractivity contribution < 1.29 is 28.6 Å². The number of benzene rings is 1. The van der Waals surface area contributed by atoms with Crippen molar-refractivity contribution in [3.8, 4) is 11.5 Å². The number of rotatable bonds is 6. The monoisotopic (exact) mass is 404 g/mol. The van der Waals surface area contributed by atoms with Crippen LogP contribution in [0.4, 0.5) is 4.79 Å². The lowest BCUT2D eigenvalue weighted by Gasteiger charge is -2.36. The molecule has 0 unspecified atom stereocenters. The third-order valence-corrected chi connectivity index (χ3v) is 6.02. The number of methoxy groups -OCH3 is 2. The van der Waals surface area contributed by atoms with Crippen LogP contribution in [-0.2, 0) is 20.9 Å². The smallest absolute Gasteiger partial charge is 0.326 e. The largest absolute Gasteiger partial charge is 0.493 e. The molecule has 8 heteroatoms. The number of ether oxygens (including phenoxy) is 3. The predicted molar refractivity (Wildman–Crippen MR) is 105 cm³/mol. The minimum atomic E-state index is -0.879. The van der Waals surface area contributed by atoms with Gasteiger partial charge in [-0.05, 0) is 48.9 Å². The molecule has 0 bridgehead atoms. The van der Waals surface area contributed by atoms with E-state index in [4.69, 9.17) is 14.2 Å². The molecule has 29 heavy (non-hydrogen) atoms. The number of carbonyl (C=O) groups excluding carboxylic acids is 3. The second-order valence-corrected chi connectivity index (χ2v) is 7.73. The molecule has 2 atom stereocenters. The van der Waals surface area contributed by atoms with Crippen molar-refractivity contribution in [2.45, 2.75) is 51.7 Å². The molecule has 0 radical (unpaired) electrons. The topological polar surface area (TPSA) is 94.2 Å². The Kier molecular flexibility index (Phi) is 6.00. The summed E-state index contributed by atoms with van der Waals surface area (Å²) in [5.74, 6) is 0.207. The van der Waals surface area contributed by atoms with Gasteiger partial charge in [0, 0.05) is 0 Å². The molecule has 1 spiro atoms. The van der Waals surface area contributed by atoms with Crippen LogP contribution in [-0.4, -0.2) is 49.1 Å². The van der Waals surface area contributed by atoms with Crippen LogP contribution in [0.25, 0.3) is 0 Å². The van der Waals surface area contributed by atoms with Crippen LogP contribution in [0.5, 0.6) is 11.5 Å². The third-order valence-electron chi connectivity index (χ3n) is 6.02. The van der Waals surface area contributed by atoms with Gasteiger partial charge in [-0.25, -0.2) is 4.79 Å². The second kappa shape index (κ2) is 8.31. The Bertz CT molecular complexity index is 824. The molecule has 1 aliphatic heterocycles. The number of carbonyl (C=O) groups is 3. The van der Waals surface area contributed by atoms with E-state index in [9.17, 15) is 14.4 Å². The van der Waals surface area contributed by atoms with Gasteiger partial charge in [0.15, 0.2) is 11.5 Å². The fourth-order valence-corrected chi connectivity index (χ4v) is 4.15. The maximum Gasteiger partial charge on any atom is 0.326 e. The zero-order valence-corrected chi connectivity index (χ0v) is 17.4. The Morgan fingerprint density at radius 1 is 1.21 bits per heavy atom. The summed E-state index contributed by atoms with van der Waals surface area (Å²) in [6.07, 6.45) is 3.41. The normalized spacial score (nSPS) is 23.9. The van der Waals surface area contributed by atoms with Crippen LogP contribution >= 0.6 is 0 Å². The molecule has 2 aliphatic rings. The summed E-state index contributed by atoms with van der Waals surface area (Å²) < 4.78 is 15.9. The highest BCUT2D eigenvalue weighted by atomic mass is 16.5. The van der Waals surface area contributed by atoms with Gasteiger partial charge in [0.2, 0.25) is 0 Å². The zero-order chi connectivity index (χ0) is 21.2. The molecule has 8 nitrogen and oxygen atoms in total. The number of hydrogen-bond donors (Lipinski definition) is 1. The van der Waals surface area contributed by atoms with E-state index < -0.39 is 24.1 Å². The average Bonchev–Trinajstić information content (AvgIpc) is 2.94. The first-order chi connectivity index (χ1) is 13.8. The number of nitrogens with zero attached hydrogens (tertiary/aromatic N) is 1. The van der Waals surface area contributed by atoms with Crippen molar-refractivity contribution in [3.05, 3.63) is 23.3 Å². The summed E-state index contributed by atoms with van der Waals surface area (Å²) in [4.78, 5) is 38.6. The van der Waals surface area contributed by atoms with Crippen LogP contribution in [0.15, 0.2) is 12.1 Å². The van der Waals surface area contributed by atoms with E-state index in [0.29, 0.717) is 17.9 Å². The first-order valence-corrected chi connectivity index (χ1v) is 9.83. The molecule has 3 amide bonds. The molecule has 1 saturated carbocycles. The van der Waals surface area contributed by atoms with Gasteiger partial charge in [0.05, 0.1) is 14.2 Å². The molecular weight excluding hydrogens is 376 g/mol. The highest BCUT2D eigenvalue weighted by Gasteiger charge is 2.55. The maximum absolute atomic E-state index is 12.9. The molecule has 158 valence electrons. The van der Waals surface area contributed by atoms with Crippen LogP contribution < -0.4 is 14.8 Å². The van der Waals surface area contributed by atoms with Crippen molar-refractivity contribution in [2.24, 2.45) is 5.92 Å². The molecule has 3 rings (SSSR count). The first-order valence-electron chi connectivity index (χ1n) is 9.83. The molecule has 1 saturated heterocycles. The van der Waals surface area contributed by atoms with Crippen molar-refractivity contribution in [1.29, 1.82) is 0 Å². The van der Waals surface area contributed by atoms with Crippen molar-refractivity contribution in [1.82, 2.24) is 10.2 Å². The number of amides is 3. The Hall–Kier alpha value is -2.77. The van der Waals surface area contributed by atoms with Gasteiger partial charge in [-0.1, -0.05) is 19.8 Å². The minimum absolute atomic E-state index is 0.0101. The van der Waals surface area contributed by atoms with E-state index in [1.807, 2.05) is 13.8 Å². The minimum Gasteiger partial charge on any atom is -0.493 e. The van der Waals surface area contributed by atoms with Gasteiger partial charge in [-0.15, -0.1) is 0 Å². The van der Waals surface area contributed by atoms with E-state index >= 15 is 0 Å². The van der Waals surface area contributed by atoms with Gasteiger partial charge >= 0.3 is 12.0 Å². The van der Waals surface area contributed by atoms with Crippen LogP contribution in [0.3, 0.4) is 0 Å². The fraction of sp³-hybridized carbons (Fsp3) is 0.571. The number of hydrogen-bond acceptors (Lipinski definition) is 6. The molecular formula is C21H28N2O6. The average molecular weight is 404 g/mol. The van der Waals surface area contributed by atoms with Gasteiger partial charge in [-0.3, -0.25) is 14.5 Å². The van der Waals surface area contributed by atoms with E-state index in [1.165, 1.54) is 7.11 Å². The van der Waals surface area contributed by atoms with Crippen LogP contribution in [0.1, 0.15) is 43.7 Å². The van der Waals surface area contributed by atoms with Crippen LogP contribution in [0.2, 0.25) is 0 Å². The lowest BCUT2D eigenvalue weighted by Crippen LogP contribution is -2.54. The SMILES string of the molecule is COc1cc(C)c(COC(=O)CN2C(=O)N[C@@]3(CCCC[C@@H]3C)C2=O)cc1OC. The Labute approximate surface area is 170 Å². The van der Waals surface area contributed by atoms with Gasteiger partial charge in [0.1, 0.15) is 18.7 Å². The predicted octanol–water partition coefficient (Wildman–Crippen LogP) is 2.56. The summed E-state index contributed by atoms with van der Waals surface area (Å²) in [5, 5.41) is 2.83. The lowest BCUT2D eigenvalue weighted by molar-refractivity contribution is -0.149. The van der Waals surface area contributed by atoms with Gasteiger partial charge < -0.3 is 19.5 Å². The third kappa shape index (κ3) is 3.88. The number of urea groups is 1. The quantitative estimate of drug-likeness (QED) is 0.578. The van der Waals surface area contributed by atoms with Crippen molar-refractivity contribution >= 4 is 17.9 Å². The number of aryl methyl sites for hydroxylation is 1. The van der Waals surface area contributed by atoms with E-state index in [-0.39, 0.29) is 18.4 Å². The Morgan fingerprint density at radius 3 is 2.55 bits per heavy atom. The molecule has 1 aromatic rings. The number of esters is 1. The zero-order valence-electron chi connectivity index (χ0n) is 17.4. The summed E-state index contributed by atoms with van der Waals surface area (Å²) in [7, 11) is 3.08. The highest BCUT2D eigenvalue weighted by molar-refractivity contribution is 6.08. The van der Waals surface area contributed by atoms with Crippen LogP contribution in [0, 0.1) is 12.8 Å². The lowest BCUT2D eigenvalue weighted by atomic mass is 9.73. The number of nitrogens with one attached hydrogen (secondary N) is 1. The fourth-order valence-electron chi connectivity index (χ4n) is 4.15. The molecule has 1 N–H and O–H groups in total. The standard InChI is InChI=1S/C21H28N2O6/c1-13-9-16(27-3)17(28-4)10-15(13)12-29-18(24)11-23-19(25)21(22-20(23)26)8-6-5-7-14(21)2/h9-10,14H,5-8,11-12H2,1-4H3,(H,22,26)/t14-,21+/m0/s1. The summed E-state index contributed by atoms with van der Waals surface area (Å²) in [6.45, 7) is 3.46. The highest BCUT2D eigenvalue weighted by Crippen LogP contribution is 2.38. The Morgan fingerprint density at radius 2 is 1.90 bits per heavy atom. The van der Waals surface area contributed by atoms with Crippen molar-refractivity contribution in [3.63, 3.8) is 0 Å². The van der Waals surface area contributed by atoms with E-state index in [0.717, 1.165) is 35.3 Å². The Balaban J connectivity index is 1.64. The second-order valence-electron chi connectivity index (χ2n) is 7.73. The van der Waals surface area contributed by atoms with E-state index in [2.05, 4.69) is 5.32 Å². The maximum atomic E-state index is 12.9. The summed E-state index contributed by atoms with van der Waals surface area (Å²) in [6, 6.07) is 3.02. The summed E-state index contributed by atoms with van der Waals surface area (Å²) >= 11 is 0. The van der Waals surface area contributed by atoms with Gasteiger partial charge in [-0.2, -0.15) is 0 Å². The molecule has 0 aromatic heterocycles. The summed E-state index contributed by atoms with van der Waals surface area (Å²) in [5.41, 5.74) is 0.751. The van der Waals surface area contributed by atoms with E-state index in [1.54, 1.807) is 19.2 Å². The molecule has 1 heterocycles. The number of imide groups is 1. The molecule has 2 fully saturated rings.